The van der Waals surface area contributed by atoms with Gasteiger partial charge in [0.2, 0.25) is 0 Å². The van der Waals surface area contributed by atoms with E-state index >= 15 is 0 Å². The van der Waals surface area contributed by atoms with E-state index < -0.39 is 12.0 Å². The molecule has 3 rings (SSSR count). The number of ketones is 1. The summed E-state index contributed by atoms with van der Waals surface area (Å²) in [6.07, 6.45) is 1.64. The first-order valence-electron chi connectivity index (χ1n) is 10.2. The zero-order valence-electron chi connectivity index (χ0n) is 18.2. The molecule has 2 aromatic rings. The number of hydrogen-bond acceptors (Lipinski definition) is 5. The average Bonchev–Trinajstić information content (AvgIpc) is 3.38. The van der Waals surface area contributed by atoms with Crippen LogP contribution in [0.3, 0.4) is 0 Å². The van der Waals surface area contributed by atoms with Gasteiger partial charge in [0.15, 0.2) is 5.78 Å². The van der Waals surface area contributed by atoms with E-state index in [2.05, 4.69) is 4.98 Å². The third kappa shape index (κ3) is 4.83. The number of carbonyl (C=O) groups is 3. The van der Waals surface area contributed by atoms with E-state index in [0.717, 1.165) is 12.8 Å². The number of esters is 1. The molecule has 2 unspecified atom stereocenters. The Labute approximate surface area is 186 Å². The third-order valence-electron chi connectivity index (χ3n) is 5.70. The number of H-pyrrole nitrogens is 1. The Morgan fingerprint density at radius 2 is 1.94 bits per heavy atom. The molecule has 2 atom stereocenters. The van der Waals surface area contributed by atoms with E-state index in [1.54, 1.807) is 49.9 Å². The molecule has 0 saturated carbocycles. The molecule has 1 aromatic heterocycles. The fraction of sp³-hybridized carbons (Fsp3) is 0.435. The standard InChI is InChI=1S/C23H27ClN2O5/c1-13-19(14(2)25-20(13)23(29)30-4)21(27)15(3)26(12-18-6-5-11-31-18)22(28)16-7-9-17(24)10-8-16/h7-10,15,18,25H,5-6,11-12H2,1-4H3. The molecule has 0 bridgehead atoms. The number of halogens is 1. The van der Waals surface area contributed by atoms with Crippen molar-refractivity contribution in [3.05, 3.63) is 57.4 Å². The monoisotopic (exact) mass is 446 g/mol. The van der Waals surface area contributed by atoms with Crippen LogP contribution in [-0.2, 0) is 9.47 Å². The number of hydrogen-bond donors (Lipinski definition) is 1. The van der Waals surface area contributed by atoms with Crippen molar-refractivity contribution < 1.29 is 23.9 Å². The minimum absolute atomic E-state index is 0.120. The number of rotatable bonds is 7. The van der Waals surface area contributed by atoms with E-state index in [9.17, 15) is 14.4 Å². The highest BCUT2D eigenvalue weighted by atomic mass is 35.5. The van der Waals surface area contributed by atoms with E-state index in [-0.39, 0.29) is 23.5 Å². The summed E-state index contributed by atoms with van der Waals surface area (Å²) in [4.78, 5) is 43.3. The number of nitrogens with one attached hydrogen (secondary N) is 1. The van der Waals surface area contributed by atoms with Crippen LogP contribution in [0.2, 0.25) is 5.02 Å². The van der Waals surface area contributed by atoms with Crippen molar-refractivity contribution in [3.8, 4) is 0 Å². The molecular formula is C23H27ClN2O5. The number of Topliss-reactive ketones (excluding diaryl/α,β-unsaturated/α-hetero) is 1. The number of aromatic nitrogens is 1. The molecule has 1 aromatic carbocycles. The van der Waals surface area contributed by atoms with Gasteiger partial charge < -0.3 is 19.4 Å². The molecule has 7 nitrogen and oxygen atoms in total. The van der Waals surface area contributed by atoms with E-state index in [1.807, 2.05) is 0 Å². The summed E-state index contributed by atoms with van der Waals surface area (Å²) in [5.41, 5.74) is 2.15. The molecule has 166 valence electrons. The molecular weight excluding hydrogens is 420 g/mol. The van der Waals surface area contributed by atoms with E-state index in [1.165, 1.54) is 7.11 Å². The first-order chi connectivity index (χ1) is 14.7. The molecule has 0 aliphatic carbocycles. The summed E-state index contributed by atoms with van der Waals surface area (Å²) in [5.74, 6) is -1.06. The third-order valence-corrected chi connectivity index (χ3v) is 5.95. The number of aryl methyl sites for hydroxylation is 1. The Morgan fingerprint density at radius 3 is 2.52 bits per heavy atom. The summed E-state index contributed by atoms with van der Waals surface area (Å²) in [6.45, 7) is 6.08. The highest BCUT2D eigenvalue weighted by Crippen LogP contribution is 2.24. The fourth-order valence-electron chi connectivity index (χ4n) is 3.96. The lowest BCUT2D eigenvalue weighted by atomic mass is 9.98. The second-order valence-corrected chi connectivity index (χ2v) is 8.19. The second kappa shape index (κ2) is 9.66. The largest absolute Gasteiger partial charge is 0.464 e. The Morgan fingerprint density at radius 1 is 1.26 bits per heavy atom. The molecule has 2 heterocycles. The molecule has 1 N–H and O–H groups in total. The Bertz CT molecular complexity index is 977. The minimum Gasteiger partial charge on any atom is -0.464 e. The number of ether oxygens (including phenoxy) is 2. The van der Waals surface area contributed by atoms with Gasteiger partial charge in [0.1, 0.15) is 5.69 Å². The van der Waals surface area contributed by atoms with Gasteiger partial charge in [-0.2, -0.15) is 0 Å². The number of amides is 1. The molecule has 1 saturated heterocycles. The fourth-order valence-corrected chi connectivity index (χ4v) is 4.09. The van der Waals surface area contributed by atoms with Crippen LogP contribution < -0.4 is 0 Å². The van der Waals surface area contributed by atoms with Crippen LogP contribution in [0, 0.1) is 13.8 Å². The zero-order chi connectivity index (χ0) is 22.7. The molecule has 1 aliphatic rings. The minimum atomic E-state index is -0.758. The van der Waals surface area contributed by atoms with Crippen LogP contribution in [0.15, 0.2) is 24.3 Å². The predicted molar refractivity (Wildman–Crippen MR) is 117 cm³/mol. The number of aromatic amines is 1. The van der Waals surface area contributed by atoms with Gasteiger partial charge in [0.05, 0.1) is 19.3 Å². The highest BCUT2D eigenvalue weighted by molar-refractivity contribution is 6.30. The summed E-state index contributed by atoms with van der Waals surface area (Å²) in [5, 5.41) is 0.528. The maximum Gasteiger partial charge on any atom is 0.354 e. The Hall–Kier alpha value is -2.64. The number of benzene rings is 1. The van der Waals surface area contributed by atoms with Gasteiger partial charge in [-0.25, -0.2) is 4.79 Å². The van der Waals surface area contributed by atoms with Gasteiger partial charge in [-0.1, -0.05) is 11.6 Å². The van der Waals surface area contributed by atoms with Crippen LogP contribution in [0.1, 0.15) is 62.2 Å². The molecule has 0 spiro atoms. The smallest absolute Gasteiger partial charge is 0.354 e. The Balaban J connectivity index is 1.93. The lowest BCUT2D eigenvalue weighted by Gasteiger charge is -2.31. The summed E-state index contributed by atoms with van der Waals surface area (Å²) >= 11 is 5.96. The Kier molecular flexibility index (Phi) is 7.18. The predicted octanol–water partition coefficient (Wildman–Crippen LogP) is 3.96. The van der Waals surface area contributed by atoms with Crippen LogP contribution in [0.5, 0.6) is 0 Å². The molecule has 1 amide bonds. The van der Waals surface area contributed by atoms with Crippen LogP contribution in [-0.4, -0.2) is 60.0 Å². The van der Waals surface area contributed by atoms with Gasteiger partial charge in [-0.15, -0.1) is 0 Å². The summed E-state index contributed by atoms with van der Waals surface area (Å²) in [6, 6.07) is 5.83. The van der Waals surface area contributed by atoms with Crippen LogP contribution >= 0.6 is 11.6 Å². The quantitative estimate of drug-likeness (QED) is 0.513. The molecule has 31 heavy (non-hydrogen) atoms. The van der Waals surface area contributed by atoms with Crippen molar-refractivity contribution in [2.24, 2.45) is 0 Å². The molecule has 1 fully saturated rings. The van der Waals surface area contributed by atoms with Gasteiger partial charge >= 0.3 is 5.97 Å². The van der Waals surface area contributed by atoms with Gasteiger partial charge in [-0.05, 0) is 63.4 Å². The average molecular weight is 447 g/mol. The van der Waals surface area contributed by atoms with Crippen molar-refractivity contribution in [2.75, 3.05) is 20.3 Å². The van der Waals surface area contributed by atoms with Crippen molar-refractivity contribution in [1.29, 1.82) is 0 Å². The number of methoxy groups -OCH3 is 1. The van der Waals surface area contributed by atoms with Crippen molar-refractivity contribution in [2.45, 2.75) is 45.8 Å². The first-order valence-corrected chi connectivity index (χ1v) is 10.6. The zero-order valence-corrected chi connectivity index (χ0v) is 18.9. The number of carbonyl (C=O) groups excluding carboxylic acids is 3. The topological polar surface area (TPSA) is 88.7 Å². The van der Waals surface area contributed by atoms with Gasteiger partial charge in [0, 0.05) is 35.0 Å². The second-order valence-electron chi connectivity index (χ2n) is 7.76. The maximum atomic E-state index is 13.5. The van der Waals surface area contributed by atoms with Crippen molar-refractivity contribution >= 4 is 29.3 Å². The number of nitrogens with zero attached hydrogens (tertiary/aromatic N) is 1. The molecule has 0 radical (unpaired) electrons. The molecule has 1 aliphatic heterocycles. The van der Waals surface area contributed by atoms with E-state index in [4.69, 9.17) is 21.1 Å². The normalized spacial score (nSPS) is 16.7. The first kappa shape index (κ1) is 23.0. The summed E-state index contributed by atoms with van der Waals surface area (Å²) < 4.78 is 10.5. The highest BCUT2D eigenvalue weighted by Gasteiger charge is 2.33. The maximum absolute atomic E-state index is 13.5. The van der Waals surface area contributed by atoms with E-state index in [0.29, 0.717) is 40.6 Å². The molecule has 8 heteroatoms. The summed E-state index contributed by atoms with van der Waals surface area (Å²) in [7, 11) is 1.29. The van der Waals surface area contributed by atoms with Crippen molar-refractivity contribution in [3.63, 3.8) is 0 Å². The van der Waals surface area contributed by atoms with Gasteiger partial charge in [-0.3, -0.25) is 9.59 Å². The lowest BCUT2D eigenvalue weighted by Crippen LogP contribution is -2.47. The lowest BCUT2D eigenvalue weighted by molar-refractivity contribution is 0.0410. The van der Waals surface area contributed by atoms with Crippen LogP contribution in [0.4, 0.5) is 0 Å². The SMILES string of the molecule is COC(=O)c1[nH]c(C)c(C(=O)C(C)N(CC2CCCO2)C(=O)c2ccc(Cl)cc2)c1C. The van der Waals surface area contributed by atoms with Crippen molar-refractivity contribution in [1.82, 2.24) is 9.88 Å². The van der Waals surface area contributed by atoms with Crippen LogP contribution in [0.25, 0.3) is 0 Å². The van der Waals surface area contributed by atoms with Gasteiger partial charge in [0.25, 0.3) is 5.91 Å².